The fourth-order valence-corrected chi connectivity index (χ4v) is 1.98. The summed E-state index contributed by atoms with van der Waals surface area (Å²) in [6.45, 7) is 1.66. The number of carbonyl (C=O) groups is 1. The van der Waals surface area contributed by atoms with Crippen LogP contribution < -0.4 is 5.73 Å². The van der Waals surface area contributed by atoms with Crippen LogP contribution in [0.2, 0.25) is 5.02 Å². The van der Waals surface area contributed by atoms with E-state index < -0.39 is 16.6 Å². The molecule has 2 N–H and O–H groups in total. The monoisotopic (exact) mass is 254 g/mol. The number of halogens is 1. The lowest BCUT2D eigenvalue weighted by Crippen LogP contribution is -2.46. The number of hydrogen-bond acceptors (Lipinski definition) is 3. The van der Waals surface area contributed by atoms with Crippen molar-refractivity contribution in [2.75, 3.05) is 0 Å². The molecule has 0 saturated carbocycles. The predicted molar refractivity (Wildman–Crippen MR) is 66.4 cm³/mol. The van der Waals surface area contributed by atoms with Crippen LogP contribution in [0.4, 0.5) is 0 Å². The highest BCUT2D eigenvalue weighted by Gasteiger charge is 2.42. The van der Waals surface area contributed by atoms with Crippen LogP contribution >= 0.6 is 24.2 Å². The summed E-state index contributed by atoms with van der Waals surface area (Å²) >= 11 is 9.93. The Morgan fingerprint density at radius 3 is 2.38 bits per heavy atom. The molecule has 0 aliphatic rings. The molecule has 0 aliphatic carbocycles. The van der Waals surface area contributed by atoms with Gasteiger partial charge in [-0.25, -0.2) is 0 Å². The Morgan fingerprint density at radius 2 is 2.06 bits per heavy atom. The van der Waals surface area contributed by atoms with Crippen LogP contribution in [0.25, 0.3) is 0 Å². The zero-order valence-electron chi connectivity index (χ0n) is 8.64. The van der Waals surface area contributed by atoms with Crippen LogP contribution in [-0.4, -0.2) is 11.2 Å². The first-order valence-corrected chi connectivity index (χ1v) is 5.50. The summed E-state index contributed by atoms with van der Waals surface area (Å²) in [5, 5.41) is 9.24. The first-order chi connectivity index (χ1) is 7.45. The molecule has 0 heterocycles. The third-order valence-corrected chi connectivity index (χ3v) is 3.13. The van der Waals surface area contributed by atoms with Gasteiger partial charge in [0.1, 0.15) is 0 Å². The third kappa shape index (κ3) is 2.01. The summed E-state index contributed by atoms with van der Waals surface area (Å²) in [6.07, 6.45) is 0. The predicted octanol–water partition coefficient (Wildman–Crippen LogP) is 1.90. The molecule has 0 spiro atoms. The molecule has 2 unspecified atom stereocenters. The Labute approximate surface area is 105 Å². The molecule has 2 atom stereocenters. The van der Waals surface area contributed by atoms with Crippen molar-refractivity contribution >= 4 is 30.1 Å². The van der Waals surface area contributed by atoms with Crippen molar-refractivity contribution in [3.63, 3.8) is 0 Å². The van der Waals surface area contributed by atoms with Crippen LogP contribution in [-0.2, 0) is 10.2 Å². The van der Waals surface area contributed by atoms with E-state index in [9.17, 15) is 10.1 Å². The number of nitrogens with two attached hydrogens (primary N) is 1. The summed E-state index contributed by atoms with van der Waals surface area (Å²) in [7, 11) is 0. The van der Waals surface area contributed by atoms with Gasteiger partial charge >= 0.3 is 0 Å². The van der Waals surface area contributed by atoms with Gasteiger partial charge in [0.2, 0.25) is 5.91 Å². The molecule has 0 radical (unpaired) electrons. The van der Waals surface area contributed by atoms with Crippen molar-refractivity contribution in [3.05, 3.63) is 34.9 Å². The average Bonchev–Trinajstić information content (AvgIpc) is 2.21. The van der Waals surface area contributed by atoms with Gasteiger partial charge in [-0.05, 0) is 17.7 Å². The molecule has 3 nitrogen and oxygen atoms in total. The van der Waals surface area contributed by atoms with E-state index in [-0.39, 0.29) is 0 Å². The highest BCUT2D eigenvalue weighted by Crippen LogP contribution is 2.31. The van der Waals surface area contributed by atoms with Crippen molar-refractivity contribution in [2.45, 2.75) is 17.6 Å². The molecular weight excluding hydrogens is 244 g/mol. The number of hydrogen-bond donors (Lipinski definition) is 2. The molecule has 16 heavy (non-hydrogen) atoms. The number of thiol groups is 1. The summed E-state index contributed by atoms with van der Waals surface area (Å²) in [5.74, 6) is -0.708. The number of nitriles is 1. The molecule has 1 rings (SSSR count). The summed E-state index contributed by atoms with van der Waals surface area (Å²) in [6, 6.07) is 8.41. The Kier molecular flexibility index (Phi) is 3.84. The SMILES string of the molecule is CC(S)C(C#N)(C(N)=O)c1ccc(Cl)cc1. The second-order valence-electron chi connectivity index (χ2n) is 3.47. The van der Waals surface area contributed by atoms with Gasteiger partial charge in [-0.2, -0.15) is 17.9 Å². The van der Waals surface area contributed by atoms with Crippen molar-refractivity contribution in [1.29, 1.82) is 5.26 Å². The lowest BCUT2D eigenvalue weighted by molar-refractivity contribution is -0.121. The normalized spacial score (nSPS) is 15.9. The second-order valence-corrected chi connectivity index (χ2v) is 4.68. The van der Waals surface area contributed by atoms with Gasteiger partial charge in [-0.15, -0.1) is 0 Å². The zero-order chi connectivity index (χ0) is 12.3. The van der Waals surface area contributed by atoms with Crippen LogP contribution in [0, 0.1) is 11.3 Å². The average molecular weight is 255 g/mol. The van der Waals surface area contributed by atoms with Gasteiger partial charge in [0.15, 0.2) is 5.41 Å². The van der Waals surface area contributed by atoms with Crippen LogP contribution in [0.5, 0.6) is 0 Å². The molecule has 0 aliphatic heterocycles. The molecule has 0 bridgehead atoms. The minimum absolute atomic E-state index is 0.504. The smallest absolute Gasteiger partial charge is 0.243 e. The van der Waals surface area contributed by atoms with E-state index in [1.807, 2.05) is 6.07 Å². The molecule has 84 valence electrons. The van der Waals surface area contributed by atoms with Crippen LogP contribution in [0.15, 0.2) is 24.3 Å². The highest BCUT2D eigenvalue weighted by atomic mass is 35.5. The van der Waals surface area contributed by atoms with Crippen molar-refractivity contribution in [3.8, 4) is 6.07 Å². The van der Waals surface area contributed by atoms with E-state index in [2.05, 4.69) is 12.6 Å². The molecule has 0 saturated heterocycles. The van der Waals surface area contributed by atoms with E-state index in [0.29, 0.717) is 10.6 Å². The molecule has 1 amide bonds. The van der Waals surface area contributed by atoms with Gasteiger partial charge in [0.05, 0.1) is 6.07 Å². The van der Waals surface area contributed by atoms with E-state index in [4.69, 9.17) is 17.3 Å². The van der Waals surface area contributed by atoms with Crippen LogP contribution in [0.1, 0.15) is 12.5 Å². The Bertz CT molecular complexity index is 438. The molecule has 5 heteroatoms. The first kappa shape index (κ1) is 12.9. The molecule has 0 aromatic heterocycles. The lowest BCUT2D eigenvalue weighted by Gasteiger charge is -2.26. The molecular formula is C11H11ClN2OS. The summed E-state index contributed by atoms with van der Waals surface area (Å²) in [4.78, 5) is 11.5. The zero-order valence-corrected chi connectivity index (χ0v) is 10.3. The number of rotatable bonds is 3. The standard InChI is InChI=1S/C11H11ClN2OS/c1-7(16)11(6-13,10(14)15)8-2-4-9(12)5-3-8/h2-5,7,16H,1H3,(H2,14,15). The number of amides is 1. The fraction of sp³-hybridized carbons (Fsp3) is 0.273. The van der Waals surface area contributed by atoms with Crippen molar-refractivity contribution in [2.24, 2.45) is 5.73 Å². The quantitative estimate of drug-likeness (QED) is 0.809. The van der Waals surface area contributed by atoms with E-state index in [1.165, 1.54) is 0 Å². The van der Waals surface area contributed by atoms with Gasteiger partial charge in [0, 0.05) is 10.3 Å². The first-order valence-electron chi connectivity index (χ1n) is 4.60. The number of nitrogens with zero attached hydrogens (tertiary/aromatic N) is 1. The van der Waals surface area contributed by atoms with Gasteiger partial charge in [-0.3, -0.25) is 4.79 Å². The summed E-state index contributed by atoms with van der Waals surface area (Å²) < 4.78 is 0. The van der Waals surface area contributed by atoms with Gasteiger partial charge in [-0.1, -0.05) is 30.7 Å². The van der Waals surface area contributed by atoms with E-state index >= 15 is 0 Å². The maximum atomic E-state index is 11.5. The number of carbonyl (C=O) groups excluding carboxylic acids is 1. The van der Waals surface area contributed by atoms with Crippen LogP contribution in [0.3, 0.4) is 0 Å². The topological polar surface area (TPSA) is 66.9 Å². The minimum atomic E-state index is -1.42. The third-order valence-electron chi connectivity index (χ3n) is 2.49. The molecule has 0 fully saturated rings. The van der Waals surface area contributed by atoms with E-state index in [1.54, 1.807) is 31.2 Å². The lowest BCUT2D eigenvalue weighted by atomic mass is 9.78. The largest absolute Gasteiger partial charge is 0.368 e. The maximum absolute atomic E-state index is 11.5. The molecule has 1 aromatic carbocycles. The van der Waals surface area contributed by atoms with Gasteiger partial charge in [0.25, 0.3) is 0 Å². The highest BCUT2D eigenvalue weighted by molar-refractivity contribution is 7.81. The van der Waals surface area contributed by atoms with Crippen molar-refractivity contribution in [1.82, 2.24) is 0 Å². The Balaban J connectivity index is 3.38. The minimum Gasteiger partial charge on any atom is -0.368 e. The number of primary amides is 1. The fourth-order valence-electron chi connectivity index (χ4n) is 1.52. The Hall–Kier alpha value is -1.18. The second kappa shape index (κ2) is 4.77. The molecule has 1 aromatic rings. The van der Waals surface area contributed by atoms with Gasteiger partial charge < -0.3 is 5.73 Å². The number of benzene rings is 1. The maximum Gasteiger partial charge on any atom is 0.243 e. The van der Waals surface area contributed by atoms with Crippen molar-refractivity contribution < 1.29 is 4.79 Å². The van der Waals surface area contributed by atoms with E-state index in [0.717, 1.165) is 0 Å². The summed E-state index contributed by atoms with van der Waals surface area (Å²) in [5.41, 5.74) is 4.40. The Morgan fingerprint density at radius 1 is 1.56 bits per heavy atom.